The number of hydrogen-bond acceptors (Lipinski definition) is 7. The molecular formula is C52H52Cl2N4O6S. The second-order valence-electron chi connectivity index (χ2n) is 16.6. The number of hydrogen-bond donors (Lipinski definition) is 0. The van der Waals surface area contributed by atoms with Crippen molar-refractivity contribution in [2.75, 3.05) is 39.4 Å². The van der Waals surface area contributed by atoms with Gasteiger partial charge in [-0.25, -0.2) is 0 Å². The SMILES string of the molecule is CCOC(=O)C1CCN(C(=O)/C=C/c2ccc(Sc3ccc(/C=C/C(=O)N4CCC(C(=O)OCC)CC4)c(-c4ccc5c(ccn5C)c4)c3Cl)c(Cl)c2-c2ccc3c(ccn3C)c2)CC1. The third kappa shape index (κ3) is 9.93. The van der Waals surface area contributed by atoms with Crippen LogP contribution in [-0.4, -0.2) is 82.1 Å². The van der Waals surface area contributed by atoms with Gasteiger partial charge < -0.3 is 28.4 Å². The highest BCUT2D eigenvalue weighted by atomic mass is 35.5. The predicted octanol–water partition coefficient (Wildman–Crippen LogP) is 11.1. The molecule has 0 N–H and O–H groups in total. The molecule has 2 fully saturated rings. The van der Waals surface area contributed by atoms with Gasteiger partial charge in [0.25, 0.3) is 0 Å². The topological polar surface area (TPSA) is 103 Å². The van der Waals surface area contributed by atoms with Gasteiger partial charge in [0.1, 0.15) is 0 Å². The van der Waals surface area contributed by atoms with Gasteiger partial charge in [-0.2, -0.15) is 0 Å². The first-order chi connectivity index (χ1) is 31.4. The largest absolute Gasteiger partial charge is 0.466 e. The molecule has 336 valence electrons. The molecule has 0 spiro atoms. The van der Waals surface area contributed by atoms with E-state index in [0.29, 0.717) is 75.1 Å². The van der Waals surface area contributed by atoms with Crippen molar-refractivity contribution in [2.24, 2.45) is 25.9 Å². The molecule has 0 unspecified atom stereocenters. The molecule has 0 bridgehead atoms. The molecule has 2 amide bonds. The Labute approximate surface area is 393 Å². The Bertz CT molecular complexity index is 2660. The van der Waals surface area contributed by atoms with Crippen LogP contribution in [0.3, 0.4) is 0 Å². The minimum absolute atomic E-state index is 0.131. The molecule has 0 saturated carbocycles. The number of amides is 2. The molecule has 0 aliphatic carbocycles. The minimum atomic E-state index is -0.199. The maximum atomic E-state index is 13.5. The van der Waals surface area contributed by atoms with E-state index >= 15 is 0 Å². The van der Waals surface area contributed by atoms with E-state index in [9.17, 15) is 19.2 Å². The van der Waals surface area contributed by atoms with Gasteiger partial charge in [-0.1, -0.05) is 59.2 Å². The number of rotatable bonds is 12. The second-order valence-corrected chi connectivity index (χ2v) is 18.4. The fourth-order valence-electron chi connectivity index (χ4n) is 8.88. The molecule has 6 aromatic rings. The van der Waals surface area contributed by atoms with Crippen LogP contribution in [0.15, 0.2) is 107 Å². The Kier molecular flexibility index (Phi) is 14.2. The molecule has 0 atom stereocenters. The average molecular weight is 932 g/mol. The lowest BCUT2D eigenvalue weighted by Crippen LogP contribution is -2.39. The van der Waals surface area contributed by atoms with E-state index in [2.05, 4.69) is 45.5 Å². The zero-order valence-corrected chi connectivity index (χ0v) is 39.3. The summed E-state index contributed by atoms with van der Waals surface area (Å²) in [6.07, 6.45) is 13.1. The summed E-state index contributed by atoms with van der Waals surface area (Å²) in [5.74, 6) is -1.05. The van der Waals surface area contributed by atoms with Gasteiger partial charge in [0.05, 0.1) is 35.1 Å². The number of aryl methyl sites for hydroxylation is 2. The molecule has 2 aliphatic heterocycles. The van der Waals surface area contributed by atoms with Crippen molar-refractivity contribution in [1.29, 1.82) is 0 Å². The van der Waals surface area contributed by atoms with Gasteiger partial charge in [-0.05, 0) is 122 Å². The van der Waals surface area contributed by atoms with Crippen LogP contribution in [0.2, 0.25) is 10.0 Å². The van der Waals surface area contributed by atoms with Crippen molar-refractivity contribution in [3.63, 3.8) is 0 Å². The van der Waals surface area contributed by atoms with Crippen molar-refractivity contribution in [3.05, 3.63) is 119 Å². The fourth-order valence-corrected chi connectivity index (χ4v) is 10.6. The molecule has 65 heavy (non-hydrogen) atoms. The van der Waals surface area contributed by atoms with E-state index < -0.39 is 0 Å². The van der Waals surface area contributed by atoms with Gasteiger partial charge >= 0.3 is 11.9 Å². The lowest BCUT2D eigenvalue weighted by atomic mass is 9.96. The van der Waals surface area contributed by atoms with Gasteiger partial charge in [0.2, 0.25) is 11.8 Å². The van der Waals surface area contributed by atoms with Gasteiger partial charge in [0, 0.05) is 108 Å². The summed E-state index contributed by atoms with van der Waals surface area (Å²) in [6, 6.07) is 24.5. The van der Waals surface area contributed by atoms with Crippen LogP contribution in [0.25, 0.3) is 56.2 Å². The Balaban J connectivity index is 1.11. The molecule has 10 nitrogen and oxygen atoms in total. The number of aromatic nitrogens is 2. The highest BCUT2D eigenvalue weighted by molar-refractivity contribution is 7.99. The van der Waals surface area contributed by atoms with Crippen molar-refractivity contribution in [2.45, 2.75) is 49.3 Å². The summed E-state index contributed by atoms with van der Waals surface area (Å²) in [7, 11) is 4.02. The lowest BCUT2D eigenvalue weighted by molar-refractivity contribution is -0.151. The van der Waals surface area contributed by atoms with E-state index in [4.69, 9.17) is 32.7 Å². The van der Waals surface area contributed by atoms with Crippen LogP contribution >= 0.6 is 35.0 Å². The standard InChI is InChI=1S/C52H52Cl2N4O6S/c1-5-63-51(61)35-21-27-57(28-22-35)45(59)17-11-33-9-15-43(49(53)47(33)39-7-13-41-37(31-39)19-25-55(41)3)65-44-16-10-34(12-18-46(60)58-29-23-36(24-30-58)52(62)64-6-2)48(50(44)54)40-8-14-42-38(32-40)20-26-56(42)4/h7-20,25-26,31-32,35-36H,5-6,21-24,27-30H2,1-4H3/b17-11+,18-12+. The highest BCUT2D eigenvalue weighted by Crippen LogP contribution is 2.47. The maximum Gasteiger partial charge on any atom is 0.309 e. The molecule has 4 aromatic carbocycles. The van der Waals surface area contributed by atoms with Crippen molar-refractivity contribution >= 4 is 92.7 Å². The maximum absolute atomic E-state index is 13.5. The number of likely N-dealkylation sites (tertiary alicyclic amines) is 2. The van der Waals surface area contributed by atoms with Crippen LogP contribution in [0.1, 0.15) is 50.7 Å². The Hall–Kier alpha value is -5.75. The molecule has 0 radical (unpaired) electrons. The summed E-state index contributed by atoms with van der Waals surface area (Å²) < 4.78 is 14.6. The number of halogens is 2. The molecule has 2 saturated heterocycles. The number of piperidine rings is 2. The summed E-state index contributed by atoms with van der Waals surface area (Å²) >= 11 is 16.4. The smallest absolute Gasteiger partial charge is 0.309 e. The first-order valence-corrected chi connectivity index (χ1v) is 23.7. The van der Waals surface area contributed by atoms with Crippen LogP contribution in [0.5, 0.6) is 0 Å². The monoisotopic (exact) mass is 930 g/mol. The zero-order valence-electron chi connectivity index (χ0n) is 37.0. The molecule has 2 aliphatic rings. The second kappa shape index (κ2) is 20.2. The minimum Gasteiger partial charge on any atom is -0.466 e. The first kappa shape index (κ1) is 45.8. The van der Waals surface area contributed by atoms with Gasteiger partial charge in [-0.3, -0.25) is 19.2 Å². The van der Waals surface area contributed by atoms with Gasteiger partial charge in [-0.15, -0.1) is 0 Å². The molecular weight excluding hydrogens is 880 g/mol. The van der Waals surface area contributed by atoms with Crippen molar-refractivity contribution in [3.8, 4) is 22.3 Å². The summed E-state index contributed by atoms with van der Waals surface area (Å²) in [4.78, 5) is 56.8. The number of esters is 2. The van der Waals surface area contributed by atoms with Crippen molar-refractivity contribution in [1.82, 2.24) is 18.9 Å². The summed E-state index contributed by atoms with van der Waals surface area (Å²) in [6.45, 7) is 6.19. The van der Waals surface area contributed by atoms with Crippen LogP contribution in [0.4, 0.5) is 0 Å². The zero-order chi connectivity index (χ0) is 45.8. The average Bonchev–Trinajstić information content (AvgIpc) is 3.89. The molecule has 8 rings (SSSR count). The Morgan fingerprint density at radius 2 is 1.00 bits per heavy atom. The summed E-state index contributed by atoms with van der Waals surface area (Å²) in [5.41, 5.74) is 7.08. The first-order valence-electron chi connectivity index (χ1n) is 22.1. The highest BCUT2D eigenvalue weighted by Gasteiger charge is 2.29. The number of carbonyl (C=O) groups is 4. The van der Waals surface area contributed by atoms with Crippen LogP contribution < -0.4 is 0 Å². The molecule has 4 heterocycles. The van der Waals surface area contributed by atoms with E-state index in [-0.39, 0.29) is 35.6 Å². The number of carbonyl (C=O) groups excluding carboxylic acids is 4. The van der Waals surface area contributed by atoms with Gasteiger partial charge in [0.15, 0.2) is 0 Å². The number of ether oxygens (including phenoxy) is 2. The van der Waals surface area contributed by atoms with Crippen molar-refractivity contribution < 1.29 is 28.7 Å². The van der Waals surface area contributed by atoms with E-state index in [0.717, 1.165) is 65.0 Å². The third-order valence-corrected chi connectivity index (χ3v) is 14.6. The fraction of sp³-hybridized carbons (Fsp3) is 0.308. The molecule has 13 heteroatoms. The summed E-state index contributed by atoms with van der Waals surface area (Å²) in [5, 5.41) is 3.14. The number of fused-ring (bicyclic) bond motifs is 2. The van der Waals surface area contributed by atoms with Crippen LogP contribution in [0, 0.1) is 11.8 Å². The Morgan fingerprint density at radius 3 is 1.38 bits per heavy atom. The number of nitrogens with zero attached hydrogens (tertiary/aromatic N) is 4. The van der Waals surface area contributed by atoms with E-state index in [1.165, 1.54) is 11.8 Å². The van der Waals surface area contributed by atoms with E-state index in [1.54, 1.807) is 35.8 Å². The van der Waals surface area contributed by atoms with Crippen LogP contribution in [-0.2, 0) is 42.7 Å². The predicted molar refractivity (Wildman–Crippen MR) is 261 cm³/mol. The number of benzene rings is 4. The quantitative estimate of drug-likeness (QED) is 0.0889. The normalized spacial score (nSPS) is 15.2. The molecule has 2 aromatic heterocycles. The lowest BCUT2D eigenvalue weighted by Gasteiger charge is -2.30. The van der Waals surface area contributed by atoms with E-state index in [1.807, 2.05) is 75.0 Å². The third-order valence-electron chi connectivity index (χ3n) is 12.5. The Morgan fingerprint density at radius 1 is 0.600 bits per heavy atom.